The van der Waals surface area contributed by atoms with Gasteiger partial charge in [-0.1, -0.05) is 18.2 Å². The summed E-state index contributed by atoms with van der Waals surface area (Å²) in [7, 11) is 0. The molecule has 0 aliphatic carbocycles. The molecule has 3 heterocycles. The third-order valence-corrected chi connectivity index (χ3v) is 6.20. The fourth-order valence-corrected chi connectivity index (χ4v) is 4.64. The predicted molar refractivity (Wildman–Crippen MR) is 106 cm³/mol. The highest BCUT2D eigenvalue weighted by molar-refractivity contribution is 7.09. The average molecular weight is 369 g/mol. The van der Waals surface area contributed by atoms with E-state index in [0.29, 0.717) is 12.5 Å². The van der Waals surface area contributed by atoms with Crippen LogP contribution < -0.4 is 5.32 Å². The number of H-pyrrole nitrogens is 1. The van der Waals surface area contributed by atoms with Crippen LogP contribution in [-0.4, -0.2) is 40.5 Å². The number of hydrogen-bond acceptors (Lipinski definition) is 3. The van der Waals surface area contributed by atoms with E-state index in [1.165, 1.54) is 21.7 Å². The standard InChI is InChI=1S/C20H24N4OS/c1-14-16(17-4-2-3-5-18(17)23-14)6-9-22-20(25)24-11-7-15(8-12-24)19-21-10-13-26-19/h2-5,10,13,15,23H,6-9,11-12H2,1H3,(H,22,25). The number of aryl methyl sites for hydroxylation is 1. The van der Waals surface area contributed by atoms with Gasteiger partial charge in [0, 0.05) is 53.7 Å². The molecule has 2 N–H and O–H groups in total. The van der Waals surface area contributed by atoms with Crippen LogP contribution >= 0.6 is 11.3 Å². The van der Waals surface area contributed by atoms with Crippen molar-refractivity contribution < 1.29 is 4.79 Å². The highest BCUT2D eigenvalue weighted by Gasteiger charge is 2.25. The Morgan fingerprint density at radius 3 is 2.92 bits per heavy atom. The minimum Gasteiger partial charge on any atom is -0.358 e. The first-order valence-corrected chi connectivity index (χ1v) is 10.1. The zero-order chi connectivity index (χ0) is 17.9. The van der Waals surface area contributed by atoms with Gasteiger partial charge in [0.1, 0.15) is 0 Å². The summed E-state index contributed by atoms with van der Waals surface area (Å²) in [6.45, 7) is 4.37. The van der Waals surface area contributed by atoms with Gasteiger partial charge in [0.05, 0.1) is 5.01 Å². The Labute approximate surface area is 157 Å². The third kappa shape index (κ3) is 3.46. The lowest BCUT2D eigenvalue weighted by atomic mass is 9.98. The summed E-state index contributed by atoms with van der Waals surface area (Å²) in [5.74, 6) is 0.507. The van der Waals surface area contributed by atoms with Gasteiger partial charge in [0.2, 0.25) is 0 Å². The number of aromatic nitrogens is 2. The Bertz CT molecular complexity index is 878. The summed E-state index contributed by atoms with van der Waals surface area (Å²) in [6.07, 6.45) is 4.72. The number of hydrogen-bond donors (Lipinski definition) is 2. The van der Waals surface area contributed by atoms with Crippen molar-refractivity contribution in [2.75, 3.05) is 19.6 Å². The van der Waals surface area contributed by atoms with Crippen LogP contribution in [0, 0.1) is 6.92 Å². The van der Waals surface area contributed by atoms with Crippen LogP contribution in [0.2, 0.25) is 0 Å². The monoisotopic (exact) mass is 368 g/mol. The maximum atomic E-state index is 12.5. The van der Waals surface area contributed by atoms with Gasteiger partial charge in [0.15, 0.2) is 0 Å². The van der Waals surface area contributed by atoms with Crippen LogP contribution in [0.5, 0.6) is 0 Å². The second-order valence-electron chi connectivity index (χ2n) is 6.89. The lowest BCUT2D eigenvalue weighted by Crippen LogP contribution is -2.44. The van der Waals surface area contributed by atoms with Gasteiger partial charge < -0.3 is 15.2 Å². The van der Waals surface area contributed by atoms with Gasteiger partial charge in [-0.05, 0) is 37.8 Å². The molecule has 0 bridgehead atoms. The van der Waals surface area contributed by atoms with E-state index in [-0.39, 0.29) is 6.03 Å². The first kappa shape index (κ1) is 17.1. The normalized spacial score (nSPS) is 15.5. The highest BCUT2D eigenvalue weighted by Crippen LogP contribution is 2.29. The number of piperidine rings is 1. The van der Waals surface area contributed by atoms with E-state index in [4.69, 9.17) is 0 Å². The highest BCUT2D eigenvalue weighted by atomic mass is 32.1. The Morgan fingerprint density at radius 1 is 1.35 bits per heavy atom. The van der Waals surface area contributed by atoms with E-state index in [1.807, 2.05) is 22.5 Å². The van der Waals surface area contributed by atoms with Gasteiger partial charge in [-0.3, -0.25) is 0 Å². The number of para-hydroxylation sites is 1. The van der Waals surface area contributed by atoms with Crippen LogP contribution in [0.1, 0.15) is 35.0 Å². The van der Waals surface area contributed by atoms with Crippen LogP contribution in [0.15, 0.2) is 35.8 Å². The minimum absolute atomic E-state index is 0.0556. The molecule has 1 saturated heterocycles. The van der Waals surface area contributed by atoms with Crippen LogP contribution in [0.25, 0.3) is 10.9 Å². The van der Waals surface area contributed by atoms with E-state index in [0.717, 1.165) is 37.9 Å². The van der Waals surface area contributed by atoms with Crippen LogP contribution in [0.4, 0.5) is 4.79 Å². The van der Waals surface area contributed by atoms with Crippen molar-refractivity contribution in [1.29, 1.82) is 0 Å². The summed E-state index contributed by atoms with van der Waals surface area (Å²) in [6, 6.07) is 8.39. The molecule has 2 aromatic heterocycles. The molecule has 2 amide bonds. The Hall–Kier alpha value is -2.34. The molecule has 1 fully saturated rings. The minimum atomic E-state index is 0.0556. The first-order chi connectivity index (χ1) is 12.7. The number of carbonyl (C=O) groups is 1. The summed E-state index contributed by atoms with van der Waals surface area (Å²) < 4.78 is 0. The molecule has 4 rings (SSSR count). The molecular formula is C20H24N4OS. The summed E-state index contributed by atoms with van der Waals surface area (Å²) in [5.41, 5.74) is 3.64. The van der Waals surface area contributed by atoms with Gasteiger partial charge in [0.25, 0.3) is 0 Å². The van der Waals surface area contributed by atoms with Crippen LogP contribution in [0.3, 0.4) is 0 Å². The molecule has 3 aromatic rings. The lowest BCUT2D eigenvalue weighted by Gasteiger charge is -2.31. The first-order valence-electron chi connectivity index (χ1n) is 9.20. The smallest absolute Gasteiger partial charge is 0.317 e. The predicted octanol–water partition coefficient (Wildman–Crippen LogP) is 4.06. The Balaban J connectivity index is 1.28. The second kappa shape index (κ2) is 7.50. The maximum Gasteiger partial charge on any atom is 0.317 e. The molecule has 26 heavy (non-hydrogen) atoms. The fraction of sp³-hybridized carbons (Fsp3) is 0.400. The molecule has 0 unspecified atom stereocenters. The lowest BCUT2D eigenvalue weighted by molar-refractivity contribution is 0.181. The quantitative estimate of drug-likeness (QED) is 0.729. The summed E-state index contributed by atoms with van der Waals surface area (Å²) >= 11 is 1.72. The number of benzene rings is 1. The molecule has 6 heteroatoms. The number of thiazole rings is 1. The molecule has 0 radical (unpaired) electrons. The topological polar surface area (TPSA) is 61.0 Å². The number of nitrogens with one attached hydrogen (secondary N) is 2. The van der Waals surface area contributed by atoms with Gasteiger partial charge in [-0.15, -0.1) is 11.3 Å². The zero-order valence-corrected chi connectivity index (χ0v) is 15.8. The molecule has 0 atom stereocenters. The largest absolute Gasteiger partial charge is 0.358 e. The van der Waals surface area contributed by atoms with Crippen molar-refractivity contribution >= 4 is 28.3 Å². The number of fused-ring (bicyclic) bond motifs is 1. The summed E-state index contributed by atoms with van der Waals surface area (Å²) in [5, 5.41) is 7.58. The number of aromatic amines is 1. The fourth-order valence-electron chi connectivity index (χ4n) is 3.83. The van der Waals surface area contributed by atoms with Crippen LogP contribution in [-0.2, 0) is 6.42 Å². The number of likely N-dealkylation sites (tertiary alicyclic amines) is 1. The van der Waals surface area contributed by atoms with Crippen molar-refractivity contribution in [3.8, 4) is 0 Å². The average Bonchev–Trinajstić information content (AvgIpc) is 3.30. The molecule has 136 valence electrons. The molecule has 0 saturated carbocycles. The number of amides is 2. The number of rotatable bonds is 4. The molecule has 1 aliphatic heterocycles. The van der Waals surface area contributed by atoms with Crippen molar-refractivity contribution in [2.45, 2.75) is 32.1 Å². The maximum absolute atomic E-state index is 12.5. The van der Waals surface area contributed by atoms with E-state index >= 15 is 0 Å². The van der Waals surface area contributed by atoms with Crippen molar-refractivity contribution in [3.05, 3.63) is 52.1 Å². The molecule has 1 aromatic carbocycles. The van der Waals surface area contributed by atoms with Crippen molar-refractivity contribution in [2.24, 2.45) is 0 Å². The molecular weight excluding hydrogens is 344 g/mol. The van der Waals surface area contributed by atoms with Gasteiger partial charge in [-0.25, -0.2) is 9.78 Å². The van der Waals surface area contributed by atoms with E-state index in [2.05, 4.69) is 40.4 Å². The number of urea groups is 1. The van der Waals surface area contributed by atoms with Crippen molar-refractivity contribution in [3.63, 3.8) is 0 Å². The third-order valence-electron chi connectivity index (χ3n) is 5.26. The summed E-state index contributed by atoms with van der Waals surface area (Å²) in [4.78, 5) is 22.2. The van der Waals surface area contributed by atoms with Gasteiger partial charge in [-0.2, -0.15) is 0 Å². The van der Waals surface area contributed by atoms with E-state index in [1.54, 1.807) is 11.3 Å². The Morgan fingerprint density at radius 2 is 2.15 bits per heavy atom. The van der Waals surface area contributed by atoms with Gasteiger partial charge >= 0.3 is 6.03 Å². The zero-order valence-electron chi connectivity index (χ0n) is 15.0. The second-order valence-corrected chi connectivity index (χ2v) is 7.81. The number of carbonyl (C=O) groups excluding carboxylic acids is 1. The molecule has 1 aliphatic rings. The molecule has 0 spiro atoms. The molecule has 5 nitrogen and oxygen atoms in total. The van der Waals surface area contributed by atoms with Crippen molar-refractivity contribution in [1.82, 2.24) is 20.2 Å². The SMILES string of the molecule is Cc1[nH]c2ccccc2c1CCNC(=O)N1CCC(c2nccs2)CC1. The Kier molecular flexibility index (Phi) is 4.93. The number of nitrogens with zero attached hydrogens (tertiary/aromatic N) is 2. The van der Waals surface area contributed by atoms with E-state index in [9.17, 15) is 4.79 Å². The van der Waals surface area contributed by atoms with E-state index < -0.39 is 0 Å².